The molecule has 0 heterocycles. The van der Waals surface area contributed by atoms with Gasteiger partial charge in [0.15, 0.2) is 6.79 Å². The van der Waals surface area contributed by atoms with Crippen molar-refractivity contribution < 1.29 is 27.4 Å². The van der Waals surface area contributed by atoms with E-state index in [0.29, 0.717) is 16.9 Å². The van der Waals surface area contributed by atoms with Crippen molar-refractivity contribution in [2.45, 2.75) is 20.0 Å². The molecule has 0 aromatic heterocycles. The molecule has 1 aromatic carbocycles. The minimum atomic E-state index is -4.87. The van der Waals surface area contributed by atoms with E-state index < -0.39 is 12.0 Å². The fraction of sp³-hybridized carbons (Fsp3) is 0.417. The quantitative estimate of drug-likeness (QED) is 0.618. The number of aryl methyl sites for hydroxylation is 2. The topological polar surface area (TPSA) is 35.5 Å². The van der Waals surface area contributed by atoms with Crippen molar-refractivity contribution >= 4 is 5.78 Å². The SMILES string of the molecule is COCOc1c(C)cc(C(=O)C(F)(F)F)cc1C. The molecule has 0 bridgehead atoms. The monoisotopic (exact) mass is 262 g/mol. The maximum absolute atomic E-state index is 12.3. The third-order valence-corrected chi connectivity index (χ3v) is 2.30. The molecule has 3 nitrogen and oxygen atoms in total. The van der Waals surface area contributed by atoms with Gasteiger partial charge < -0.3 is 9.47 Å². The zero-order valence-corrected chi connectivity index (χ0v) is 10.2. The van der Waals surface area contributed by atoms with Gasteiger partial charge in [0.25, 0.3) is 5.78 Å². The number of hydrogen-bond acceptors (Lipinski definition) is 3. The predicted molar refractivity (Wildman–Crippen MR) is 58.8 cm³/mol. The second-order valence-electron chi connectivity index (χ2n) is 3.82. The van der Waals surface area contributed by atoms with Crippen molar-refractivity contribution in [3.63, 3.8) is 0 Å². The van der Waals surface area contributed by atoms with Crippen molar-refractivity contribution in [2.24, 2.45) is 0 Å². The average molecular weight is 262 g/mol. The van der Waals surface area contributed by atoms with Gasteiger partial charge in [-0.05, 0) is 37.1 Å². The molecule has 100 valence electrons. The van der Waals surface area contributed by atoms with Crippen LogP contribution < -0.4 is 4.74 Å². The number of ketones is 1. The molecule has 6 heteroatoms. The summed E-state index contributed by atoms with van der Waals surface area (Å²) in [6.45, 7) is 3.14. The van der Waals surface area contributed by atoms with Crippen LogP contribution in [0, 0.1) is 13.8 Å². The van der Waals surface area contributed by atoms with Crippen molar-refractivity contribution in [1.29, 1.82) is 0 Å². The number of rotatable bonds is 4. The second-order valence-corrected chi connectivity index (χ2v) is 3.82. The fourth-order valence-electron chi connectivity index (χ4n) is 1.59. The van der Waals surface area contributed by atoms with Crippen LogP contribution in [0.15, 0.2) is 12.1 Å². The van der Waals surface area contributed by atoms with Crippen LogP contribution in [0.25, 0.3) is 0 Å². The molecule has 0 aliphatic heterocycles. The highest BCUT2D eigenvalue weighted by atomic mass is 19.4. The minimum Gasteiger partial charge on any atom is -0.467 e. The zero-order valence-electron chi connectivity index (χ0n) is 10.2. The summed E-state index contributed by atoms with van der Waals surface area (Å²) in [5.74, 6) is -1.43. The van der Waals surface area contributed by atoms with Gasteiger partial charge in [0.05, 0.1) is 0 Å². The molecule has 0 amide bonds. The Morgan fingerprint density at radius 2 is 1.72 bits per heavy atom. The molecule has 0 radical (unpaired) electrons. The van der Waals surface area contributed by atoms with E-state index in [-0.39, 0.29) is 12.4 Å². The van der Waals surface area contributed by atoms with Gasteiger partial charge in [0, 0.05) is 12.7 Å². The lowest BCUT2D eigenvalue weighted by molar-refractivity contribution is -0.0885. The summed E-state index contributed by atoms with van der Waals surface area (Å²) in [4.78, 5) is 11.1. The highest BCUT2D eigenvalue weighted by Crippen LogP contribution is 2.28. The number of benzene rings is 1. The van der Waals surface area contributed by atoms with Crippen LogP contribution in [0.3, 0.4) is 0 Å². The predicted octanol–water partition coefficient (Wildman–Crippen LogP) is 3.03. The van der Waals surface area contributed by atoms with Gasteiger partial charge in [-0.15, -0.1) is 0 Å². The Labute approximate surface area is 103 Å². The number of carbonyl (C=O) groups is 1. The van der Waals surface area contributed by atoms with E-state index in [4.69, 9.17) is 9.47 Å². The minimum absolute atomic E-state index is 0.00571. The molecule has 0 atom stereocenters. The summed E-state index contributed by atoms with van der Waals surface area (Å²) >= 11 is 0. The van der Waals surface area contributed by atoms with E-state index in [1.165, 1.54) is 7.11 Å². The first-order chi connectivity index (χ1) is 8.27. The number of methoxy groups -OCH3 is 1. The van der Waals surface area contributed by atoms with Gasteiger partial charge in [-0.2, -0.15) is 13.2 Å². The Morgan fingerprint density at radius 3 is 2.11 bits per heavy atom. The van der Waals surface area contributed by atoms with Crippen LogP contribution in [0.1, 0.15) is 21.5 Å². The lowest BCUT2D eigenvalue weighted by Gasteiger charge is -2.13. The van der Waals surface area contributed by atoms with Gasteiger partial charge in [-0.1, -0.05) is 0 Å². The third-order valence-electron chi connectivity index (χ3n) is 2.30. The van der Waals surface area contributed by atoms with Crippen LogP contribution in [-0.2, 0) is 4.74 Å². The number of Topliss-reactive ketones (excluding diaryl/α,β-unsaturated/α-hetero) is 1. The summed E-state index contributed by atoms with van der Waals surface area (Å²) in [7, 11) is 1.44. The summed E-state index contributed by atoms with van der Waals surface area (Å²) in [5, 5.41) is 0. The molecule has 0 saturated heterocycles. The largest absolute Gasteiger partial charge is 0.467 e. The highest BCUT2D eigenvalue weighted by Gasteiger charge is 2.39. The first-order valence-electron chi connectivity index (χ1n) is 5.12. The van der Waals surface area contributed by atoms with E-state index in [9.17, 15) is 18.0 Å². The maximum atomic E-state index is 12.3. The van der Waals surface area contributed by atoms with Crippen molar-refractivity contribution in [3.05, 3.63) is 28.8 Å². The summed E-state index contributed by atoms with van der Waals surface area (Å²) in [6.07, 6.45) is -4.87. The van der Waals surface area contributed by atoms with Crippen LogP contribution in [0.2, 0.25) is 0 Å². The number of halogens is 3. The van der Waals surface area contributed by atoms with E-state index >= 15 is 0 Å². The smallest absolute Gasteiger partial charge is 0.454 e. The number of carbonyl (C=O) groups excluding carboxylic acids is 1. The molecule has 18 heavy (non-hydrogen) atoms. The zero-order chi connectivity index (χ0) is 13.9. The molecule has 1 aromatic rings. The number of alkyl halides is 3. The summed E-state index contributed by atoms with van der Waals surface area (Å²) < 4.78 is 46.8. The van der Waals surface area contributed by atoms with Crippen molar-refractivity contribution in [1.82, 2.24) is 0 Å². The van der Waals surface area contributed by atoms with E-state index in [1.54, 1.807) is 13.8 Å². The van der Waals surface area contributed by atoms with Gasteiger partial charge in [0.1, 0.15) is 5.75 Å². The Morgan fingerprint density at radius 1 is 1.22 bits per heavy atom. The van der Waals surface area contributed by atoms with Gasteiger partial charge >= 0.3 is 6.18 Å². The van der Waals surface area contributed by atoms with E-state index in [1.807, 2.05) is 0 Å². The molecule has 1 rings (SSSR count). The molecular formula is C12H13F3O3. The van der Waals surface area contributed by atoms with Crippen LogP contribution in [0.5, 0.6) is 5.75 Å². The molecule has 0 N–H and O–H groups in total. The Bertz CT molecular complexity index is 429. The van der Waals surface area contributed by atoms with Crippen LogP contribution >= 0.6 is 0 Å². The van der Waals surface area contributed by atoms with Crippen molar-refractivity contribution in [3.8, 4) is 5.75 Å². The van der Waals surface area contributed by atoms with Gasteiger partial charge in [-0.3, -0.25) is 4.79 Å². The molecule has 0 aliphatic rings. The normalized spacial score (nSPS) is 11.4. The van der Waals surface area contributed by atoms with Crippen molar-refractivity contribution in [2.75, 3.05) is 13.9 Å². The molecule has 0 aliphatic carbocycles. The first kappa shape index (κ1) is 14.5. The molecule has 0 spiro atoms. The lowest BCUT2D eigenvalue weighted by Crippen LogP contribution is -2.23. The second kappa shape index (κ2) is 5.39. The number of ether oxygens (including phenoxy) is 2. The average Bonchev–Trinajstić information content (AvgIpc) is 2.25. The Kier molecular flexibility index (Phi) is 4.34. The molecule has 0 fully saturated rings. The highest BCUT2D eigenvalue weighted by molar-refractivity contribution is 6.00. The standard InChI is InChI=1S/C12H13F3O3/c1-7-4-9(11(16)12(13,14)15)5-8(2)10(7)18-6-17-3/h4-5H,6H2,1-3H3. The lowest BCUT2D eigenvalue weighted by atomic mass is 10.0. The van der Waals surface area contributed by atoms with E-state index in [2.05, 4.69) is 0 Å². The Balaban J connectivity index is 3.10. The third kappa shape index (κ3) is 3.22. The van der Waals surface area contributed by atoms with Crippen LogP contribution in [-0.4, -0.2) is 25.9 Å². The molecule has 0 unspecified atom stereocenters. The first-order valence-corrected chi connectivity index (χ1v) is 5.12. The van der Waals surface area contributed by atoms with E-state index in [0.717, 1.165) is 12.1 Å². The van der Waals surface area contributed by atoms with Gasteiger partial charge in [-0.25, -0.2) is 0 Å². The van der Waals surface area contributed by atoms with Crippen LogP contribution in [0.4, 0.5) is 13.2 Å². The fourth-order valence-corrected chi connectivity index (χ4v) is 1.59. The van der Waals surface area contributed by atoms with Gasteiger partial charge in [0.2, 0.25) is 0 Å². The maximum Gasteiger partial charge on any atom is 0.454 e. The summed E-state index contributed by atoms with van der Waals surface area (Å²) in [6, 6.07) is 2.32. The molecule has 0 saturated carbocycles. The Hall–Kier alpha value is -1.56. The summed E-state index contributed by atoms with van der Waals surface area (Å²) in [5.41, 5.74) is 0.529. The molecular weight excluding hydrogens is 249 g/mol. The number of hydrogen-bond donors (Lipinski definition) is 0.